The number of benzene rings is 2. The van der Waals surface area contributed by atoms with Crippen LogP contribution in [0, 0.1) is 14.9 Å². The minimum atomic E-state index is -0.448. The van der Waals surface area contributed by atoms with E-state index in [1.807, 2.05) is 43.3 Å². The summed E-state index contributed by atoms with van der Waals surface area (Å²) in [5.74, 6) is 0.523. The first-order valence-electron chi connectivity index (χ1n) is 7.70. The van der Waals surface area contributed by atoms with Crippen LogP contribution in [0.5, 0.6) is 0 Å². The maximum atomic E-state index is 11.1. The number of H-pyrrole nitrogens is 1. The van der Waals surface area contributed by atoms with Crippen molar-refractivity contribution in [3.8, 4) is 11.4 Å². The molecule has 1 aromatic heterocycles. The minimum absolute atomic E-state index is 0.0249. The molecule has 0 aliphatic rings. The Bertz CT molecular complexity index is 1020. The van der Waals surface area contributed by atoms with Crippen molar-refractivity contribution in [3.63, 3.8) is 0 Å². The summed E-state index contributed by atoms with van der Waals surface area (Å²) >= 11 is 5.23. The molecular weight excluding hydrogens is 352 g/mol. The monoisotopic (exact) mass is 368 g/mol. The molecule has 0 amide bonds. The molecule has 2 aromatic carbocycles. The molecule has 1 heterocycles. The number of para-hydroxylation sites is 1. The Balaban J connectivity index is 1.99. The number of hydrogen-bond acceptors (Lipinski definition) is 6. The number of aromatic amines is 1. The highest BCUT2D eigenvalue weighted by atomic mass is 32.1. The maximum absolute atomic E-state index is 11.1. The van der Waals surface area contributed by atoms with E-state index in [4.69, 9.17) is 12.2 Å². The SMILES string of the molecule is CN(C)c1ccc(-c2n[nH]c(=S)n2N=Cc2ccccc2[N+](=O)[O-])cc1. The Kier molecular flexibility index (Phi) is 4.90. The van der Waals surface area contributed by atoms with E-state index in [1.54, 1.807) is 18.2 Å². The fourth-order valence-corrected chi connectivity index (χ4v) is 2.56. The zero-order chi connectivity index (χ0) is 18.7. The average molecular weight is 368 g/mol. The summed E-state index contributed by atoms with van der Waals surface area (Å²) in [7, 11) is 3.92. The fraction of sp³-hybridized carbons (Fsp3) is 0.118. The van der Waals surface area contributed by atoms with Gasteiger partial charge in [-0.05, 0) is 42.5 Å². The minimum Gasteiger partial charge on any atom is -0.378 e. The topological polar surface area (TPSA) is 92.3 Å². The molecule has 3 aromatic rings. The second kappa shape index (κ2) is 7.28. The van der Waals surface area contributed by atoms with Crippen molar-refractivity contribution in [3.05, 3.63) is 69.0 Å². The van der Waals surface area contributed by atoms with E-state index in [0.717, 1.165) is 11.3 Å². The highest BCUT2D eigenvalue weighted by molar-refractivity contribution is 7.71. The molecule has 0 aliphatic heterocycles. The van der Waals surface area contributed by atoms with Crippen LogP contribution >= 0.6 is 12.2 Å². The highest BCUT2D eigenvalue weighted by Gasteiger charge is 2.12. The van der Waals surface area contributed by atoms with Crippen molar-refractivity contribution in [2.45, 2.75) is 0 Å². The molecule has 0 saturated carbocycles. The van der Waals surface area contributed by atoms with Crippen LogP contribution in [0.2, 0.25) is 0 Å². The molecule has 9 heteroatoms. The summed E-state index contributed by atoms with van der Waals surface area (Å²) < 4.78 is 1.74. The number of aromatic nitrogens is 3. The van der Waals surface area contributed by atoms with Crippen LogP contribution in [0.15, 0.2) is 53.6 Å². The van der Waals surface area contributed by atoms with Gasteiger partial charge < -0.3 is 4.90 Å². The zero-order valence-corrected chi connectivity index (χ0v) is 15.0. The lowest BCUT2D eigenvalue weighted by atomic mass is 10.2. The molecule has 0 bridgehead atoms. The van der Waals surface area contributed by atoms with Gasteiger partial charge in [-0.15, -0.1) is 0 Å². The summed E-state index contributed by atoms with van der Waals surface area (Å²) in [5.41, 5.74) is 2.23. The van der Waals surface area contributed by atoms with Gasteiger partial charge in [0, 0.05) is 31.4 Å². The van der Waals surface area contributed by atoms with Crippen molar-refractivity contribution in [2.24, 2.45) is 5.10 Å². The van der Waals surface area contributed by atoms with Crippen LogP contribution in [-0.2, 0) is 0 Å². The summed E-state index contributed by atoms with van der Waals surface area (Å²) in [6, 6.07) is 14.1. The van der Waals surface area contributed by atoms with Crippen LogP contribution in [0.4, 0.5) is 11.4 Å². The lowest BCUT2D eigenvalue weighted by molar-refractivity contribution is -0.385. The van der Waals surface area contributed by atoms with Crippen molar-refractivity contribution >= 4 is 29.8 Å². The quantitative estimate of drug-likeness (QED) is 0.322. The highest BCUT2D eigenvalue weighted by Crippen LogP contribution is 2.21. The van der Waals surface area contributed by atoms with Crippen LogP contribution in [-0.4, -0.2) is 40.1 Å². The number of hydrogen-bond donors (Lipinski definition) is 1. The molecule has 0 atom stereocenters. The maximum Gasteiger partial charge on any atom is 0.278 e. The first-order chi connectivity index (χ1) is 12.5. The third-order valence-corrected chi connectivity index (χ3v) is 4.00. The van der Waals surface area contributed by atoms with Gasteiger partial charge in [-0.3, -0.25) is 10.1 Å². The number of anilines is 1. The summed E-state index contributed by atoms with van der Waals surface area (Å²) in [6.07, 6.45) is 1.40. The van der Waals surface area contributed by atoms with E-state index in [1.165, 1.54) is 17.0 Å². The van der Waals surface area contributed by atoms with E-state index >= 15 is 0 Å². The van der Waals surface area contributed by atoms with Gasteiger partial charge >= 0.3 is 0 Å². The van der Waals surface area contributed by atoms with E-state index in [2.05, 4.69) is 15.3 Å². The molecule has 8 nitrogen and oxygen atoms in total. The second-order valence-corrected chi connectivity index (χ2v) is 6.05. The molecule has 132 valence electrons. The molecular formula is C17H16N6O2S. The Morgan fingerprint density at radius 1 is 1.23 bits per heavy atom. The smallest absolute Gasteiger partial charge is 0.278 e. The van der Waals surface area contributed by atoms with Gasteiger partial charge in [-0.25, -0.2) is 5.10 Å². The van der Waals surface area contributed by atoms with Crippen LogP contribution < -0.4 is 4.90 Å². The molecule has 0 saturated heterocycles. The molecule has 0 spiro atoms. The van der Waals surface area contributed by atoms with Gasteiger partial charge in [-0.1, -0.05) is 12.1 Å². The lowest BCUT2D eigenvalue weighted by Crippen LogP contribution is -2.08. The van der Waals surface area contributed by atoms with Gasteiger partial charge in [0.05, 0.1) is 16.7 Å². The number of nitro groups is 1. The van der Waals surface area contributed by atoms with Gasteiger partial charge in [0.1, 0.15) is 0 Å². The molecule has 26 heavy (non-hydrogen) atoms. The molecule has 0 fully saturated rings. The van der Waals surface area contributed by atoms with Gasteiger partial charge in [0.25, 0.3) is 5.69 Å². The van der Waals surface area contributed by atoms with Crippen LogP contribution in [0.25, 0.3) is 11.4 Å². The summed E-state index contributed by atoms with van der Waals surface area (Å²) in [6.45, 7) is 0. The van der Waals surface area contributed by atoms with E-state index in [0.29, 0.717) is 16.2 Å². The fourth-order valence-electron chi connectivity index (χ4n) is 2.38. The Morgan fingerprint density at radius 3 is 2.58 bits per heavy atom. The number of nitrogens with zero attached hydrogens (tertiary/aromatic N) is 5. The average Bonchev–Trinajstić information content (AvgIpc) is 3.00. The predicted molar refractivity (Wildman–Crippen MR) is 103 cm³/mol. The van der Waals surface area contributed by atoms with Crippen molar-refractivity contribution in [2.75, 3.05) is 19.0 Å². The van der Waals surface area contributed by atoms with Crippen molar-refractivity contribution in [1.82, 2.24) is 14.9 Å². The van der Waals surface area contributed by atoms with E-state index in [-0.39, 0.29) is 5.69 Å². The Morgan fingerprint density at radius 2 is 1.92 bits per heavy atom. The number of rotatable bonds is 5. The normalized spacial score (nSPS) is 11.0. The largest absolute Gasteiger partial charge is 0.378 e. The summed E-state index contributed by atoms with van der Waals surface area (Å²) in [4.78, 5) is 12.7. The van der Waals surface area contributed by atoms with Crippen LogP contribution in [0.1, 0.15) is 5.56 Å². The number of nitrogens with one attached hydrogen (secondary N) is 1. The standard InChI is InChI=1S/C17H16N6O2S/c1-21(2)14-9-7-12(8-10-14)16-19-20-17(26)22(16)18-11-13-5-3-4-6-15(13)23(24)25/h3-11H,1-2H3,(H,20,26). The lowest BCUT2D eigenvalue weighted by Gasteiger charge is -2.12. The zero-order valence-electron chi connectivity index (χ0n) is 14.2. The molecule has 0 aliphatic carbocycles. The Hall–Kier alpha value is -3.33. The third-order valence-electron chi connectivity index (χ3n) is 3.74. The predicted octanol–water partition coefficient (Wildman–Crippen LogP) is 3.46. The number of nitro benzene ring substituents is 1. The second-order valence-electron chi connectivity index (χ2n) is 5.67. The van der Waals surface area contributed by atoms with E-state index < -0.39 is 4.92 Å². The first-order valence-corrected chi connectivity index (χ1v) is 8.11. The first kappa shape index (κ1) is 17.5. The van der Waals surface area contributed by atoms with Crippen LogP contribution in [0.3, 0.4) is 0 Å². The van der Waals surface area contributed by atoms with Crippen molar-refractivity contribution in [1.29, 1.82) is 0 Å². The molecule has 3 rings (SSSR count). The third kappa shape index (κ3) is 3.52. The van der Waals surface area contributed by atoms with E-state index in [9.17, 15) is 10.1 Å². The van der Waals surface area contributed by atoms with Crippen molar-refractivity contribution < 1.29 is 4.92 Å². The molecule has 1 N–H and O–H groups in total. The van der Waals surface area contributed by atoms with Gasteiger partial charge in [-0.2, -0.15) is 14.9 Å². The Labute approximate surface area is 154 Å². The van der Waals surface area contributed by atoms with Gasteiger partial charge in [0.2, 0.25) is 4.77 Å². The summed E-state index contributed by atoms with van der Waals surface area (Å²) in [5, 5.41) is 22.3. The van der Waals surface area contributed by atoms with Gasteiger partial charge in [0.15, 0.2) is 5.82 Å². The molecule has 0 radical (unpaired) electrons. The molecule has 0 unspecified atom stereocenters.